The van der Waals surface area contributed by atoms with Crippen LogP contribution in [0.1, 0.15) is 15.2 Å². The third kappa shape index (κ3) is 4.15. The quantitative estimate of drug-likeness (QED) is 0.737. The Hall–Kier alpha value is -2.77. The van der Waals surface area contributed by atoms with Gasteiger partial charge in [0.05, 0.1) is 23.1 Å². The van der Waals surface area contributed by atoms with Crippen molar-refractivity contribution in [3.63, 3.8) is 0 Å². The molecule has 1 amide bonds. The first-order valence-corrected chi connectivity index (χ1v) is 9.67. The number of rotatable bonds is 5. The number of hydrogen-bond acceptors (Lipinski definition) is 6. The molecule has 3 aromatic rings. The van der Waals surface area contributed by atoms with Gasteiger partial charge in [0.1, 0.15) is 0 Å². The predicted molar refractivity (Wildman–Crippen MR) is 106 cm³/mol. The first-order chi connectivity index (χ1) is 13.3. The molecule has 1 saturated heterocycles. The molecule has 138 valence electrons. The molecule has 4 heterocycles. The number of nitrogens with zero attached hydrogens (tertiary/aromatic N) is 3. The van der Waals surface area contributed by atoms with Crippen molar-refractivity contribution < 1.29 is 9.53 Å². The van der Waals surface area contributed by atoms with Gasteiger partial charge < -0.3 is 15.0 Å². The zero-order valence-electron chi connectivity index (χ0n) is 14.8. The number of thiophene rings is 1. The van der Waals surface area contributed by atoms with Crippen molar-refractivity contribution in [3.05, 3.63) is 65.6 Å². The molecule has 0 aliphatic carbocycles. The highest BCUT2D eigenvalue weighted by atomic mass is 32.1. The number of pyridine rings is 2. The normalized spacial score (nSPS) is 14.1. The van der Waals surface area contributed by atoms with Gasteiger partial charge in [0.25, 0.3) is 5.91 Å². The lowest BCUT2D eigenvalue weighted by molar-refractivity contribution is 0.0955. The smallest absolute Gasteiger partial charge is 0.261 e. The van der Waals surface area contributed by atoms with E-state index < -0.39 is 0 Å². The molecule has 3 aromatic heterocycles. The molecule has 6 nitrogen and oxygen atoms in total. The fraction of sp³-hybridized carbons (Fsp3) is 0.250. The topological polar surface area (TPSA) is 67.4 Å². The molecule has 7 heteroatoms. The van der Waals surface area contributed by atoms with Gasteiger partial charge in [-0.15, -0.1) is 11.3 Å². The van der Waals surface area contributed by atoms with E-state index in [4.69, 9.17) is 4.74 Å². The number of morpholine rings is 1. The fourth-order valence-corrected chi connectivity index (χ4v) is 4.14. The van der Waals surface area contributed by atoms with E-state index >= 15 is 0 Å². The van der Waals surface area contributed by atoms with Crippen molar-refractivity contribution in [3.8, 4) is 11.1 Å². The largest absolute Gasteiger partial charge is 0.378 e. The van der Waals surface area contributed by atoms with Crippen LogP contribution in [0.3, 0.4) is 0 Å². The van der Waals surface area contributed by atoms with Gasteiger partial charge in [-0.25, -0.2) is 0 Å². The number of amides is 1. The minimum absolute atomic E-state index is 0.0755. The van der Waals surface area contributed by atoms with E-state index in [0.717, 1.165) is 34.8 Å². The molecular weight excluding hydrogens is 360 g/mol. The first kappa shape index (κ1) is 17.6. The summed E-state index contributed by atoms with van der Waals surface area (Å²) in [6.07, 6.45) is 7.07. The third-order valence-electron chi connectivity index (χ3n) is 4.38. The van der Waals surface area contributed by atoms with Crippen molar-refractivity contribution in [1.82, 2.24) is 15.3 Å². The molecule has 0 bridgehead atoms. The third-order valence-corrected chi connectivity index (χ3v) is 5.58. The summed E-state index contributed by atoms with van der Waals surface area (Å²) in [7, 11) is 0. The van der Waals surface area contributed by atoms with Gasteiger partial charge in [-0.05, 0) is 23.8 Å². The minimum Gasteiger partial charge on any atom is -0.378 e. The molecule has 1 aliphatic rings. The van der Waals surface area contributed by atoms with Crippen LogP contribution in [0.5, 0.6) is 0 Å². The summed E-state index contributed by atoms with van der Waals surface area (Å²) in [5.74, 6) is -0.0755. The molecule has 0 aromatic carbocycles. The van der Waals surface area contributed by atoms with Crippen LogP contribution in [0.25, 0.3) is 11.1 Å². The monoisotopic (exact) mass is 380 g/mol. The lowest BCUT2D eigenvalue weighted by Gasteiger charge is -2.28. The Bertz CT molecular complexity index is 893. The molecule has 4 rings (SSSR count). The Morgan fingerprint density at radius 1 is 1.15 bits per heavy atom. The maximum atomic E-state index is 12.7. The summed E-state index contributed by atoms with van der Waals surface area (Å²) in [6.45, 7) is 3.51. The molecule has 1 N–H and O–H groups in total. The van der Waals surface area contributed by atoms with Crippen molar-refractivity contribution in [2.24, 2.45) is 0 Å². The second-order valence-electron chi connectivity index (χ2n) is 6.21. The molecule has 0 spiro atoms. The maximum Gasteiger partial charge on any atom is 0.261 e. The summed E-state index contributed by atoms with van der Waals surface area (Å²) in [5, 5.41) is 4.08. The number of carbonyl (C=O) groups is 1. The molecule has 1 fully saturated rings. The number of ether oxygens (including phenoxy) is 1. The van der Waals surface area contributed by atoms with Gasteiger partial charge in [0.2, 0.25) is 0 Å². The number of anilines is 1. The summed E-state index contributed by atoms with van der Waals surface area (Å²) in [5.41, 5.74) is 3.03. The van der Waals surface area contributed by atoms with Crippen molar-refractivity contribution >= 4 is 22.2 Å². The van der Waals surface area contributed by atoms with Crippen molar-refractivity contribution in [1.29, 1.82) is 0 Å². The lowest BCUT2D eigenvalue weighted by Crippen LogP contribution is -2.35. The Morgan fingerprint density at radius 3 is 2.63 bits per heavy atom. The van der Waals surface area contributed by atoms with Crippen molar-refractivity contribution in [2.45, 2.75) is 6.54 Å². The fourth-order valence-electron chi connectivity index (χ4n) is 3.00. The Morgan fingerprint density at radius 2 is 1.93 bits per heavy atom. The van der Waals surface area contributed by atoms with Gasteiger partial charge >= 0.3 is 0 Å². The minimum atomic E-state index is -0.0755. The van der Waals surface area contributed by atoms with E-state index in [-0.39, 0.29) is 5.91 Å². The van der Waals surface area contributed by atoms with Crippen LogP contribution in [0, 0.1) is 0 Å². The predicted octanol–water partition coefficient (Wildman–Crippen LogP) is 2.97. The highest BCUT2D eigenvalue weighted by Crippen LogP contribution is 2.39. The van der Waals surface area contributed by atoms with E-state index in [1.807, 2.05) is 36.5 Å². The number of hydrogen-bond donors (Lipinski definition) is 1. The average molecular weight is 380 g/mol. The Kier molecular flexibility index (Phi) is 5.41. The first-order valence-electron chi connectivity index (χ1n) is 8.85. The highest BCUT2D eigenvalue weighted by molar-refractivity contribution is 7.18. The number of nitrogens with one attached hydrogen (secondary N) is 1. The molecule has 1 aliphatic heterocycles. The molecule has 0 unspecified atom stereocenters. The van der Waals surface area contributed by atoms with E-state index in [1.165, 1.54) is 11.3 Å². The summed E-state index contributed by atoms with van der Waals surface area (Å²) >= 11 is 1.52. The molecule has 27 heavy (non-hydrogen) atoms. The standard InChI is InChI=1S/C20H20N4O2S/c25-19(23-13-15-3-1-5-21-12-15)18-11-17(16-4-2-6-22-14-16)20(27-18)24-7-9-26-10-8-24/h1-6,11-12,14H,7-10,13H2,(H,23,25). The second-order valence-corrected chi connectivity index (χ2v) is 7.25. The van der Waals surface area contributed by atoms with Gasteiger partial charge in [0, 0.05) is 55.5 Å². The van der Waals surface area contributed by atoms with Crippen LogP contribution in [0.15, 0.2) is 55.1 Å². The SMILES string of the molecule is O=C(NCc1cccnc1)c1cc(-c2cccnc2)c(N2CCOCC2)s1. The zero-order chi connectivity index (χ0) is 18.5. The maximum absolute atomic E-state index is 12.7. The second kappa shape index (κ2) is 8.28. The molecule has 0 atom stereocenters. The molecule has 0 saturated carbocycles. The number of aromatic nitrogens is 2. The summed E-state index contributed by atoms with van der Waals surface area (Å²) in [6, 6.07) is 9.71. The Labute approximate surface area is 161 Å². The van der Waals surface area contributed by atoms with Crippen molar-refractivity contribution in [2.75, 3.05) is 31.2 Å². The van der Waals surface area contributed by atoms with Crippen LogP contribution >= 0.6 is 11.3 Å². The highest BCUT2D eigenvalue weighted by Gasteiger charge is 2.22. The van der Waals surface area contributed by atoms with Crippen LogP contribution < -0.4 is 10.2 Å². The summed E-state index contributed by atoms with van der Waals surface area (Å²) < 4.78 is 5.47. The van der Waals surface area contributed by atoms with Crippen LogP contribution in [-0.4, -0.2) is 42.2 Å². The van der Waals surface area contributed by atoms with Gasteiger partial charge in [0.15, 0.2) is 0 Å². The molecule has 0 radical (unpaired) electrons. The van der Waals surface area contributed by atoms with E-state index in [9.17, 15) is 4.79 Å². The lowest BCUT2D eigenvalue weighted by atomic mass is 10.1. The Balaban J connectivity index is 1.59. The van der Waals surface area contributed by atoms with E-state index in [1.54, 1.807) is 18.6 Å². The van der Waals surface area contributed by atoms with Crippen LogP contribution in [-0.2, 0) is 11.3 Å². The van der Waals surface area contributed by atoms with Gasteiger partial charge in [-0.3, -0.25) is 14.8 Å². The van der Waals surface area contributed by atoms with Gasteiger partial charge in [-0.2, -0.15) is 0 Å². The average Bonchev–Trinajstić information content (AvgIpc) is 3.20. The zero-order valence-corrected chi connectivity index (χ0v) is 15.6. The number of carbonyl (C=O) groups excluding carboxylic acids is 1. The van der Waals surface area contributed by atoms with Gasteiger partial charge in [-0.1, -0.05) is 12.1 Å². The van der Waals surface area contributed by atoms with E-state index in [0.29, 0.717) is 24.6 Å². The summed E-state index contributed by atoms with van der Waals surface area (Å²) in [4.78, 5) is 24.0. The van der Waals surface area contributed by atoms with Crippen LogP contribution in [0.2, 0.25) is 0 Å². The van der Waals surface area contributed by atoms with Crippen LogP contribution in [0.4, 0.5) is 5.00 Å². The van der Waals surface area contributed by atoms with E-state index in [2.05, 4.69) is 20.2 Å². The molecular formula is C20H20N4O2S.